The van der Waals surface area contributed by atoms with E-state index in [9.17, 15) is 0 Å². The normalized spacial score (nSPS) is 10.6. The molecule has 0 radical (unpaired) electrons. The fourth-order valence-corrected chi connectivity index (χ4v) is 1.83. The molecule has 0 bridgehead atoms. The standard InChI is InChI=1S/C11H17N3S.2BrH/c1-14(2)8-9-15-11(12)13-10-6-4-3-5-7-10;;/h3-7H,8-9H2,1-2H3,(H2,12,13);2*1H. The van der Waals surface area contributed by atoms with Crippen molar-refractivity contribution in [2.75, 3.05) is 26.4 Å². The molecule has 1 aromatic carbocycles. The number of benzene rings is 1. The number of amidine groups is 1. The van der Waals surface area contributed by atoms with Crippen molar-refractivity contribution < 1.29 is 0 Å². The lowest BCUT2D eigenvalue weighted by atomic mass is 10.3. The van der Waals surface area contributed by atoms with Gasteiger partial charge in [0.05, 0.1) is 5.69 Å². The first-order valence-corrected chi connectivity index (χ1v) is 5.84. The Balaban J connectivity index is 0. The Hall–Kier alpha value is -0.0400. The first-order valence-electron chi connectivity index (χ1n) is 4.85. The highest BCUT2D eigenvalue weighted by molar-refractivity contribution is 8.93. The Morgan fingerprint density at radius 3 is 2.35 bits per heavy atom. The van der Waals surface area contributed by atoms with Crippen LogP contribution >= 0.6 is 45.7 Å². The van der Waals surface area contributed by atoms with Crippen LogP contribution in [0.25, 0.3) is 0 Å². The largest absolute Gasteiger partial charge is 0.378 e. The number of halogens is 2. The summed E-state index contributed by atoms with van der Waals surface area (Å²) < 4.78 is 0. The third kappa shape index (κ3) is 9.64. The van der Waals surface area contributed by atoms with Crippen LogP contribution in [0.1, 0.15) is 0 Å². The van der Waals surface area contributed by atoms with E-state index >= 15 is 0 Å². The molecule has 17 heavy (non-hydrogen) atoms. The van der Waals surface area contributed by atoms with Crippen LogP contribution in [0.4, 0.5) is 5.69 Å². The van der Waals surface area contributed by atoms with Crippen LogP contribution < -0.4 is 5.73 Å². The number of nitrogens with zero attached hydrogens (tertiary/aromatic N) is 2. The Bertz CT molecular complexity index is 318. The van der Waals surface area contributed by atoms with Crippen LogP contribution in [0.5, 0.6) is 0 Å². The molecule has 0 saturated carbocycles. The lowest BCUT2D eigenvalue weighted by Crippen LogP contribution is -2.17. The number of thioether (sulfide) groups is 1. The molecule has 0 aliphatic heterocycles. The van der Waals surface area contributed by atoms with Gasteiger partial charge in [0.15, 0.2) is 5.17 Å². The molecule has 1 rings (SSSR count). The van der Waals surface area contributed by atoms with Crippen LogP contribution in [0.15, 0.2) is 35.3 Å². The van der Waals surface area contributed by atoms with Gasteiger partial charge in [0.1, 0.15) is 0 Å². The second-order valence-corrected chi connectivity index (χ2v) is 4.55. The van der Waals surface area contributed by atoms with Gasteiger partial charge in [-0.05, 0) is 26.2 Å². The number of hydrogen-bond acceptors (Lipinski definition) is 3. The molecule has 6 heteroatoms. The monoisotopic (exact) mass is 383 g/mol. The summed E-state index contributed by atoms with van der Waals surface area (Å²) in [7, 11) is 4.09. The highest BCUT2D eigenvalue weighted by Gasteiger charge is 1.96. The highest BCUT2D eigenvalue weighted by atomic mass is 79.9. The van der Waals surface area contributed by atoms with E-state index in [1.54, 1.807) is 11.8 Å². The number of rotatable bonds is 4. The fourth-order valence-electron chi connectivity index (χ4n) is 0.995. The summed E-state index contributed by atoms with van der Waals surface area (Å²) in [6.45, 7) is 1.01. The minimum absolute atomic E-state index is 0. The summed E-state index contributed by atoms with van der Waals surface area (Å²) in [5, 5.41) is 0.628. The minimum Gasteiger partial charge on any atom is -0.378 e. The maximum absolute atomic E-state index is 5.79. The van der Waals surface area contributed by atoms with Crippen molar-refractivity contribution >= 4 is 56.6 Å². The topological polar surface area (TPSA) is 41.6 Å². The van der Waals surface area contributed by atoms with E-state index in [1.165, 1.54) is 0 Å². The summed E-state index contributed by atoms with van der Waals surface area (Å²) >= 11 is 1.59. The Labute approximate surface area is 128 Å². The van der Waals surface area contributed by atoms with E-state index in [2.05, 4.69) is 9.89 Å². The predicted molar refractivity (Wildman–Crippen MR) is 89.4 cm³/mol. The zero-order valence-corrected chi connectivity index (χ0v) is 14.2. The fraction of sp³-hybridized carbons (Fsp3) is 0.364. The van der Waals surface area contributed by atoms with Gasteiger partial charge in [-0.15, -0.1) is 34.0 Å². The van der Waals surface area contributed by atoms with E-state index in [0.717, 1.165) is 18.0 Å². The smallest absolute Gasteiger partial charge is 0.159 e. The van der Waals surface area contributed by atoms with E-state index in [4.69, 9.17) is 5.73 Å². The van der Waals surface area contributed by atoms with Gasteiger partial charge in [-0.1, -0.05) is 30.0 Å². The van der Waals surface area contributed by atoms with Crippen molar-refractivity contribution in [3.8, 4) is 0 Å². The Morgan fingerprint density at radius 2 is 1.82 bits per heavy atom. The van der Waals surface area contributed by atoms with Gasteiger partial charge in [0.2, 0.25) is 0 Å². The predicted octanol–water partition coefficient (Wildman–Crippen LogP) is 3.08. The molecule has 0 saturated heterocycles. The molecular weight excluding hydrogens is 366 g/mol. The minimum atomic E-state index is 0. The lowest BCUT2D eigenvalue weighted by molar-refractivity contribution is 0.437. The number of para-hydroxylation sites is 1. The van der Waals surface area contributed by atoms with Crippen LogP contribution in [-0.4, -0.2) is 36.5 Å². The third-order valence-corrected chi connectivity index (χ3v) is 2.56. The van der Waals surface area contributed by atoms with Gasteiger partial charge in [-0.25, -0.2) is 4.99 Å². The summed E-state index contributed by atoms with van der Waals surface area (Å²) in [5.74, 6) is 0.967. The second-order valence-electron chi connectivity index (χ2n) is 3.44. The van der Waals surface area contributed by atoms with Crippen LogP contribution in [0.3, 0.4) is 0 Å². The molecule has 1 aromatic rings. The molecule has 0 aliphatic carbocycles. The molecule has 98 valence electrons. The van der Waals surface area contributed by atoms with Crippen molar-refractivity contribution in [3.63, 3.8) is 0 Å². The molecule has 0 amide bonds. The summed E-state index contributed by atoms with van der Waals surface area (Å²) in [4.78, 5) is 6.42. The molecule has 0 unspecified atom stereocenters. The van der Waals surface area contributed by atoms with Gasteiger partial charge in [0, 0.05) is 12.3 Å². The molecular formula is C11H19Br2N3S. The lowest BCUT2D eigenvalue weighted by Gasteiger charge is -2.07. The zero-order valence-electron chi connectivity index (χ0n) is 10.00. The van der Waals surface area contributed by atoms with Crippen LogP contribution in [0.2, 0.25) is 0 Å². The third-order valence-electron chi connectivity index (χ3n) is 1.78. The molecule has 3 nitrogen and oxygen atoms in total. The molecule has 0 aromatic heterocycles. The van der Waals surface area contributed by atoms with Gasteiger partial charge in [-0.3, -0.25) is 0 Å². The summed E-state index contributed by atoms with van der Waals surface area (Å²) in [6, 6.07) is 9.76. The van der Waals surface area contributed by atoms with Gasteiger partial charge in [0.25, 0.3) is 0 Å². The van der Waals surface area contributed by atoms with Crippen molar-refractivity contribution in [1.82, 2.24) is 4.90 Å². The van der Waals surface area contributed by atoms with Crippen molar-refractivity contribution in [1.29, 1.82) is 0 Å². The van der Waals surface area contributed by atoms with Crippen molar-refractivity contribution in [2.24, 2.45) is 10.7 Å². The molecule has 0 spiro atoms. The first kappa shape index (κ1) is 19.3. The van der Waals surface area contributed by atoms with E-state index in [1.807, 2.05) is 44.4 Å². The van der Waals surface area contributed by atoms with Crippen molar-refractivity contribution in [2.45, 2.75) is 0 Å². The summed E-state index contributed by atoms with van der Waals surface area (Å²) in [5.41, 5.74) is 6.70. The molecule has 0 atom stereocenters. The quantitative estimate of drug-likeness (QED) is 0.640. The van der Waals surface area contributed by atoms with E-state index in [0.29, 0.717) is 5.17 Å². The van der Waals surface area contributed by atoms with Crippen LogP contribution in [0, 0.1) is 0 Å². The Morgan fingerprint density at radius 1 is 1.24 bits per heavy atom. The van der Waals surface area contributed by atoms with Gasteiger partial charge in [-0.2, -0.15) is 0 Å². The maximum Gasteiger partial charge on any atom is 0.159 e. The molecule has 0 aliphatic rings. The number of nitrogens with two attached hydrogens (primary N) is 1. The zero-order chi connectivity index (χ0) is 11.1. The highest BCUT2D eigenvalue weighted by Crippen LogP contribution is 2.12. The average Bonchev–Trinajstić information content (AvgIpc) is 2.18. The Kier molecular flexibility index (Phi) is 12.6. The summed E-state index contributed by atoms with van der Waals surface area (Å²) in [6.07, 6.45) is 0. The van der Waals surface area contributed by atoms with Gasteiger partial charge >= 0.3 is 0 Å². The van der Waals surface area contributed by atoms with Gasteiger partial charge < -0.3 is 10.6 Å². The first-order chi connectivity index (χ1) is 7.18. The maximum atomic E-state index is 5.79. The number of hydrogen-bond donors (Lipinski definition) is 1. The van der Waals surface area contributed by atoms with Crippen LogP contribution in [-0.2, 0) is 0 Å². The molecule has 2 N–H and O–H groups in total. The second kappa shape index (κ2) is 11.1. The molecule has 0 heterocycles. The average molecular weight is 385 g/mol. The van der Waals surface area contributed by atoms with E-state index in [-0.39, 0.29) is 34.0 Å². The number of aliphatic imine (C=N–C) groups is 1. The SMILES string of the molecule is Br.Br.CN(C)CCSC(N)=Nc1ccccc1. The van der Waals surface area contributed by atoms with E-state index < -0.39 is 0 Å². The molecule has 0 fully saturated rings. The van der Waals surface area contributed by atoms with Crippen molar-refractivity contribution in [3.05, 3.63) is 30.3 Å².